The van der Waals surface area contributed by atoms with Gasteiger partial charge in [0.15, 0.2) is 10.1 Å². The van der Waals surface area contributed by atoms with E-state index < -0.39 is 0 Å². The van der Waals surface area contributed by atoms with Crippen molar-refractivity contribution in [2.75, 3.05) is 0 Å². The van der Waals surface area contributed by atoms with Gasteiger partial charge in [-0.1, -0.05) is 31.4 Å². The zero-order chi connectivity index (χ0) is 14.8. The molecule has 1 saturated carbocycles. The van der Waals surface area contributed by atoms with Gasteiger partial charge in [0.1, 0.15) is 0 Å². The van der Waals surface area contributed by atoms with E-state index in [4.69, 9.17) is 11.6 Å². The molecule has 0 spiro atoms. The molecule has 0 bridgehead atoms. The van der Waals surface area contributed by atoms with Crippen LogP contribution in [0.1, 0.15) is 38.3 Å². The van der Waals surface area contributed by atoms with E-state index in [0.717, 1.165) is 23.5 Å². The van der Waals surface area contributed by atoms with Gasteiger partial charge in [0.25, 0.3) is 0 Å². The van der Waals surface area contributed by atoms with E-state index in [9.17, 15) is 4.79 Å². The molecular formula is C15H18ClN3OS. The topological polar surface area (TPSA) is 46.4 Å². The first kappa shape index (κ1) is 14.6. The number of fused-ring (bicyclic) bond motifs is 1. The number of hydrogen-bond acceptors (Lipinski definition) is 3. The van der Waals surface area contributed by atoms with Crippen molar-refractivity contribution in [1.29, 1.82) is 0 Å². The summed E-state index contributed by atoms with van der Waals surface area (Å²) in [4.78, 5) is 17.1. The molecule has 21 heavy (non-hydrogen) atoms. The number of hydrogen-bond donors (Lipinski definition) is 1. The van der Waals surface area contributed by atoms with E-state index in [1.807, 2.05) is 16.0 Å². The van der Waals surface area contributed by atoms with E-state index in [1.54, 1.807) is 12.2 Å². The zero-order valence-electron chi connectivity index (χ0n) is 11.9. The van der Waals surface area contributed by atoms with E-state index in [-0.39, 0.29) is 5.91 Å². The standard InChI is InChI=1S/C15H18ClN3OS/c1-10-3-2-4-11(9-10)17-13(20)6-5-12-14(16)18-15-19(12)7-8-21-15/h5-8,10-11H,2-4,9H2,1H3,(H,17,20)/b6-5+. The summed E-state index contributed by atoms with van der Waals surface area (Å²) in [7, 11) is 0. The number of carbonyl (C=O) groups is 1. The number of nitrogens with zero attached hydrogens (tertiary/aromatic N) is 2. The normalized spacial score (nSPS) is 23.0. The maximum absolute atomic E-state index is 12.0. The Morgan fingerprint density at radius 1 is 1.57 bits per heavy atom. The minimum atomic E-state index is -0.0599. The molecule has 112 valence electrons. The Hall–Kier alpha value is -1.33. The molecule has 0 radical (unpaired) electrons. The third-order valence-electron chi connectivity index (χ3n) is 3.93. The minimum absolute atomic E-state index is 0.0599. The molecule has 0 aromatic carbocycles. The van der Waals surface area contributed by atoms with Crippen LogP contribution in [0.5, 0.6) is 0 Å². The summed E-state index contributed by atoms with van der Waals surface area (Å²) in [6, 6.07) is 0.299. The van der Waals surface area contributed by atoms with E-state index in [1.165, 1.54) is 24.2 Å². The molecule has 2 atom stereocenters. The Bertz CT molecular complexity index is 676. The first-order valence-electron chi connectivity index (χ1n) is 7.23. The van der Waals surface area contributed by atoms with Crippen LogP contribution in [0.15, 0.2) is 17.7 Å². The van der Waals surface area contributed by atoms with Crippen LogP contribution in [-0.2, 0) is 4.79 Å². The Morgan fingerprint density at radius 2 is 2.43 bits per heavy atom. The van der Waals surface area contributed by atoms with Crippen LogP contribution < -0.4 is 5.32 Å². The lowest BCUT2D eigenvalue weighted by atomic mass is 9.87. The van der Waals surface area contributed by atoms with Gasteiger partial charge in [0, 0.05) is 23.7 Å². The summed E-state index contributed by atoms with van der Waals surface area (Å²) >= 11 is 7.61. The molecule has 2 aromatic heterocycles. The maximum Gasteiger partial charge on any atom is 0.244 e. The highest BCUT2D eigenvalue weighted by Gasteiger charge is 2.19. The first-order chi connectivity index (χ1) is 10.1. The third kappa shape index (κ3) is 3.30. The van der Waals surface area contributed by atoms with Crippen molar-refractivity contribution >= 4 is 39.9 Å². The molecule has 2 unspecified atom stereocenters. The summed E-state index contributed by atoms with van der Waals surface area (Å²) in [6.45, 7) is 2.24. The van der Waals surface area contributed by atoms with Gasteiger partial charge in [-0.05, 0) is 24.8 Å². The van der Waals surface area contributed by atoms with Crippen LogP contribution in [0.25, 0.3) is 11.0 Å². The van der Waals surface area contributed by atoms with Crippen molar-refractivity contribution in [2.45, 2.75) is 38.6 Å². The summed E-state index contributed by atoms with van der Waals surface area (Å²) in [5, 5.41) is 5.45. The van der Waals surface area contributed by atoms with Crippen LogP contribution in [-0.4, -0.2) is 21.3 Å². The first-order valence-corrected chi connectivity index (χ1v) is 8.49. The lowest BCUT2D eigenvalue weighted by Crippen LogP contribution is -2.36. The summed E-state index contributed by atoms with van der Waals surface area (Å²) in [6.07, 6.45) is 9.79. The molecule has 1 N–H and O–H groups in total. The molecule has 1 amide bonds. The lowest BCUT2D eigenvalue weighted by molar-refractivity contribution is -0.117. The van der Waals surface area contributed by atoms with Crippen molar-refractivity contribution in [3.63, 3.8) is 0 Å². The monoisotopic (exact) mass is 323 g/mol. The maximum atomic E-state index is 12.0. The number of amides is 1. The van der Waals surface area contributed by atoms with Gasteiger partial charge in [-0.25, -0.2) is 4.98 Å². The number of halogens is 1. The molecule has 4 nitrogen and oxygen atoms in total. The smallest absolute Gasteiger partial charge is 0.244 e. The van der Waals surface area contributed by atoms with Gasteiger partial charge >= 0.3 is 0 Å². The van der Waals surface area contributed by atoms with Gasteiger partial charge in [0.05, 0.1) is 5.69 Å². The average Bonchev–Trinajstić information content (AvgIpc) is 2.97. The number of thiazole rings is 1. The molecular weight excluding hydrogens is 306 g/mol. The Morgan fingerprint density at radius 3 is 3.24 bits per heavy atom. The third-order valence-corrected chi connectivity index (χ3v) is 4.96. The highest BCUT2D eigenvalue weighted by atomic mass is 35.5. The van der Waals surface area contributed by atoms with Crippen LogP contribution in [0.2, 0.25) is 5.15 Å². The Kier molecular flexibility index (Phi) is 4.31. The van der Waals surface area contributed by atoms with Crippen LogP contribution in [0.4, 0.5) is 0 Å². The zero-order valence-corrected chi connectivity index (χ0v) is 13.5. The SMILES string of the molecule is CC1CCCC(NC(=O)/C=C/c2c(Cl)nc3sccn23)C1. The van der Waals surface area contributed by atoms with Crippen molar-refractivity contribution < 1.29 is 4.79 Å². The van der Waals surface area contributed by atoms with E-state index in [2.05, 4.69) is 17.2 Å². The van der Waals surface area contributed by atoms with Crippen molar-refractivity contribution in [3.8, 4) is 0 Å². The summed E-state index contributed by atoms with van der Waals surface area (Å²) in [5.41, 5.74) is 0.750. The number of carbonyl (C=O) groups excluding carboxylic acids is 1. The second kappa shape index (κ2) is 6.20. The fraction of sp³-hybridized carbons (Fsp3) is 0.467. The minimum Gasteiger partial charge on any atom is -0.350 e. The predicted octanol–water partition coefficient (Wildman–Crippen LogP) is 3.76. The largest absolute Gasteiger partial charge is 0.350 e. The Balaban J connectivity index is 1.66. The predicted molar refractivity (Wildman–Crippen MR) is 86.7 cm³/mol. The molecule has 6 heteroatoms. The number of imidazole rings is 1. The fourth-order valence-electron chi connectivity index (χ4n) is 2.90. The molecule has 0 saturated heterocycles. The molecule has 2 aromatic rings. The van der Waals surface area contributed by atoms with Crippen molar-refractivity contribution in [3.05, 3.63) is 28.5 Å². The van der Waals surface area contributed by atoms with E-state index >= 15 is 0 Å². The Labute approximate surface area is 132 Å². The van der Waals surface area contributed by atoms with E-state index in [0.29, 0.717) is 17.1 Å². The molecule has 3 rings (SSSR count). The highest BCUT2D eigenvalue weighted by Crippen LogP contribution is 2.24. The van der Waals surface area contributed by atoms with Crippen LogP contribution in [0.3, 0.4) is 0 Å². The lowest BCUT2D eigenvalue weighted by Gasteiger charge is -2.26. The van der Waals surface area contributed by atoms with Gasteiger partial charge in [-0.3, -0.25) is 9.20 Å². The van der Waals surface area contributed by atoms with Crippen molar-refractivity contribution in [1.82, 2.24) is 14.7 Å². The molecule has 1 aliphatic rings. The number of rotatable bonds is 3. The molecule has 0 aliphatic heterocycles. The van der Waals surface area contributed by atoms with Gasteiger partial charge in [-0.15, -0.1) is 11.3 Å². The quantitative estimate of drug-likeness (QED) is 0.874. The van der Waals surface area contributed by atoms with Crippen LogP contribution in [0, 0.1) is 5.92 Å². The molecule has 1 fully saturated rings. The van der Waals surface area contributed by atoms with Gasteiger partial charge < -0.3 is 5.32 Å². The second-order valence-electron chi connectivity index (χ2n) is 5.65. The van der Waals surface area contributed by atoms with Crippen LogP contribution >= 0.6 is 22.9 Å². The van der Waals surface area contributed by atoms with Gasteiger partial charge in [0.2, 0.25) is 5.91 Å². The summed E-state index contributed by atoms with van der Waals surface area (Å²) in [5.74, 6) is 0.637. The van der Waals surface area contributed by atoms with Crippen molar-refractivity contribution in [2.24, 2.45) is 5.92 Å². The second-order valence-corrected chi connectivity index (χ2v) is 6.89. The highest BCUT2D eigenvalue weighted by molar-refractivity contribution is 7.15. The molecule has 2 heterocycles. The summed E-state index contributed by atoms with van der Waals surface area (Å²) < 4.78 is 1.89. The molecule has 1 aliphatic carbocycles. The number of nitrogens with one attached hydrogen (secondary N) is 1. The average molecular weight is 324 g/mol. The van der Waals surface area contributed by atoms with Gasteiger partial charge in [-0.2, -0.15) is 0 Å². The number of aromatic nitrogens is 2. The fourth-order valence-corrected chi connectivity index (χ4v) is 3.90.